The van der Waals surface area contributed by atoms with Gasteiger partial charge in [-0.1, -0.05) is 42.8 Å². The predicted molar refractivity (Wildman–Crippen MR) is 102 cm³/mol. The van der Waals surface area contributed by atoms with Crippen LogP contribution in [-0.4, -0.2) is 15.6 Å². The van der Waals surface area contributed by atoms with Crippen molar-refractivity contribution in [3.8, 4) is 0 Å². The molecule has 1 aromatic heterocycles. The van der Waals surface area contributed by atoms with Gasteiger partial charge in [0.25, 0.3) is 5.56 Å². The van der Waals surface area contributed by atoms with Gasteiger partial charge < -0.3 is 4.98 Å². The van der Waals surface area contributed by atoms with Crippen molar-refractivity contribution in [3.05, 3.63) is 74.2 Å². The number of halogens is 1. The number of amides is 1. The molecule has 2 aromatic carbocycles. The molecule has 0 aliphatic carbocycles. The largest absolute Gasteiger partial charge is 0.330 e. The van der Waals surface area contributed by atoms with Crippen LogP contribution < -0.4 is 11.0 Å². The summed E-state index contributed by atoms with van der Waals surface area (Å²) in [6, 6.07) is 14.1. The summed E-state index contributed by atoms with van der Waals surface area (Å²) >= 11 is 11.1. The summed E-state index contributed by atoms with van der Waals surface area (Å²) in [6.45, 7) is 1.91. The van der Waals surface area contributed by atoms with E-state index < -0.39 is 5.92 Å². The average molecular weight is 374 g/mol. The lowest BCUT2D eigenvalue weighted by molar-refractivity contribution is -0.118. The Labute approximate surface area is 154 Å². The Hall–Kier alpha value is -2.44. The number of hydrogen-bond donors (Lipinski definition) is 2. The van der Waals surface area contributed by atoms with E-state index in [0.717, 1.165) is 10.2 Å². The van der Waals surface area contributed by atoms with Crippen LogP contribution in [0.1, 0.15) is 24.8 Å². The van der Waals surface area contributed by atoms with E-state index in [0.29, 0.717) is 22.3 Å². The van der Waals surface area contributed by atoms with Crippen LogP contribution in [0.5, 0.6) is 0 Å². The third-order valence-corrected chi connectivity index (χ3v) is 4.56. The average Bonchev–Trinajstić information content (AvgIpc) is 2.61. The maximum absolute atomic E-state index is 12.7. The van der Waals surface area contributed by atoms with Gasteiger partial charge >= 0.3 is 0 Å². The molecule has 1 heterocycles. The van der Waals surface area contributed by atoms with E-state index in [9.17, 15) is 9.59 Å². The summed E-state index contributed by atoms with van der Waals surface area (Å²) in [6.07, 6.45) is 0.576. The molecule has 5 nitrogen and oxygen atoms in total. The Morgan fingerprint density at radius 2 is 1.92 bits per heavy atom. The van der Waals surface area contributed by atoms with Gasteiger partial charge in [0, 0.05) is 5.02 Å². The molecule has 25 heavy (non-hydrogen) atoms. The van der Waals surface area contributed by atoms with Gasteiger partial charge in [-0.2, -0.15) is 4.68 Å². The van der Waals surface area contributed by atoms with Crippen LogP contribution in [0.15, 0.2) is 53.3 Å². The predicted octanol–water partition coefficient (Wildman–Crippen LogP) is 3.98. The number of carbonyl (C=O) groups excluding carboxylic acids is 1. The van der Waals surface area contributed by atoms with Crippen molar-refractivity contribution < 1.29 is 4.79 Å². The second-order valence-electron chi connectivity index (χ2n) is 5.60. The molecule has 1 amide bonds. The first-order valence-corrected chi connectivity index (χ1v) is 8.60. The molecule has 0 aliphatic rings. The number of aromatic nitrogens is 2. The molecule has 0 radical (unpaired) electrons. The topological polar surface area (TPSA) is 66.9 Å². The molecule has 3 rings (SSSR count). The van der Waals surface area contributed by atoms with E-state index in [2.05, 4.69) is 10.4 Å². The zero-order valence-corrected chi connectivity index (χ0v) is 15.0. The number of carbonyl (C=O) groups is 1. The number of fused-ring (bicyclic) bond motifs is 1. The maximum atomic E-state index is 12.7. The Bertz CT molecular complexity index is 1040. The van der Waals surface area contributed by atoms with Gasteiger partial charge in [0.2, 0.25) is 5.91 Å². The SMILES string of the molecule is CCC(C(=O)Nn1c(=S)[nH]c2ccccc2c1=O)c1ccc(Cl)cc1. The van der Waals surface area contributed by atoms with E-state index in [1.54, 1.807) is 42.5 Å². The summed E-state index contributed by atoms with van der Waals surface area (Å²) < 4.78 is 1.22. The second kappa shape index (κ2) is 7.21. The van der Waals surface area contributed by atoms with Crippen molar-refractivity contribution >= 4 is 40.6 Å². The van der Waals surface area contributed by atoms with Gasteiger partial charge in [0.1, 0.15) is 0 Å². The van der Waals surface area contributed by atoms with Gasteiger partial charge in [0.05, 0.1) is 16.8 Å². The van der Waals surface area contributed by atoms with E-state index in [4.69, 9.17) is 23.8 Å². The summed E-state index contributed by atoms with van der Waals surface area (Å²) in [7, 11) is 0. The van der Waals surface area contributed by atoms with E-state index in [1.807, 2.05) is 13.0 Å². The van der Waals surface area contributed by atoms with Crippen molar-refractivity contribution in [2.45, 2.75) is 19.3 Å². The lowest BCUT2D eigenvalue weighted by Crippen LogP contribution is -2.36. The van der Waals surface area contributed by atoms with Crippen molar-refractivity contribution in [1.29, 1.82) is 0 Å². The summed E-state index contributed by atoms with van der Waals surface area (Å²) in [5.41, 5.74) is 3.73. The Morgan fingerprint density at radius 3 is 2.60 bits per heavy atom. The number of rotatable bonds is 4. The van der Waals surface area contributed by atoms with Crippen LogP contribution in [0.2, 0.25) is 5.02 Å². The molecular formula is C18H16ClN3O2S. The fourth-order valence-electron chi connectivity index (χ4n) is 2.72. The number of hydrogen-bond acceptors (Lipinski definition) is 3. The van der Waals surface area contributed by atoms with Crippen LogP contribution in [0.25, 0.3) is 10.9 Å². The highest BCUT2D eigenvalue weighted by Crippen LogP contribution is 2.22. The zero-order valence-electron chi connectivity index (χ0n) is 13.5. The van der Waals surface area contributed by atoms with Crippen LogP contribution in [0.3, 0.4) is 0 Å². The zero-order chi connectivity index (χ0) is 18.0. The van der Waals surface area contributed by atoms with Crippen LogP contribution in [-0.2, 0) is 4.79 Å². The summed E-state index contributed by atoms with van der Waals surface area (Å²) in [4.78, 5) is 28.3. The third-order valence-electron chi connectivity index (χ3n) is 4.02. The highest BCUT2D eigenvalue weighted by atomic mass is 35.5. The number of nitrogens with zero attached hydrogens (tertiary/aromatic N) is 1. The fourth-order valence-corrected chi connectivity index (χ4v) is 3.08. The Kier molecular flexibility index (Phi) is 5.01. The lowest BCUT2D eigenvalue weighted by Gasteiger charge is -2.17. The molecule has 1 atom stereocenters. The van der Waals surface area contributed by atoms with Gasteiger partial charge in [-0.15, -0.1) is 0 Å². The molecule has 1 unspecified atom stereocenters. The molecule has 0 saturated heterocycles. The second-order valence-corrected chi connectivity index (χ2v) is 6.43. The number of aromatic amines is 1. The summed E-state index contributed by atoms with van der Waals surface area (Å²) in [5.74, 6) is -0.716. The summed E-state index contributed by atoms with van der Waals surface area (Å²) in [5, 5.41) is 1.06. The normalized spacial score (nSPS) is 12.1. The molecule has 7 heteroatoms. The van der Waals surface area contributed by atoms with E-state index in [1.165, 1.54) is 0 Å². The maximum Gasteiger partial charge on any atom is 0.281 e. The number of benzene rings is 2. The lowest BCUT2D eigenvalue weighted by atomic mass is 9.96. The van der Waals surface area contributed by atoms with Gasteiger partial charge in [-0.3, -0.25) is 15.0 Å². The van der Waals surface area contributed by atoms with Crippen molar-refractivity contribution in [3.63, 3.8) is 0 Å². The molecule has 0 bridgehead atoms. The number of para-hydroxylation sites is 1. The monoisotopic (exact) mass is 373 g/mol. The van der Waals surface area contributed by atoms with Crippen LogP contribution >= 0.6 is 23.8 Å². The number of nitrogens with one attached hydrogen (secondary N) is 2. The van der Waals surface area contributed by atoms with E-state index >= 15 is 0 Å². The molecule has 0 fully saturated rings. The van der Waals surface area contributed by atoms with Crippen molar-refractivity contribution in [1.82, 2.24) is 9.66 Å². The first kappa shape index (κ1) is 17.4. The molecule has 2 N–H and O–H groups in total. The first-order valence-electron chi connectivity index (χ1n) is 7.81. The highest BCUT2D eigenvalue weighted by molar-refractivity contribution is 7.71. The minimum Gasteiger partial charge on any atom is -0.330 e. The van der Waals surface area contributed by atoms with Gasteiger partial charge in [-0.25, -0.2) is 0 Å². The Balaban J connectivity index is 1.97. The smallest absolute Gasteiger partial charge is 0.281 e. The minimum absolute atomic E-state index is 0.142. The molecule has 3 aromatic rings. The highest BCUT2D eigenvalue weighted by Gasteiger charge is 2.20. The molecule has 0 saturated carbocycles. The third kappa shape index (κ3) is 3.50. The van der Waals surface area contributed by atoms with Crippen molar-refractivity contribution in [2.24, 2.45) is 0 Å². The quantitative estimate of drug-likeness (QED) is 0.680. The van der Waals surface area contributed by atoms with Gasteiger partial charge in [0.15, 0.2) is 4.77 Å². The molecule has 0 spiro atoms. The standard InChI is InChI=1S/C18H16ClN3O2S/c1-2-13(11-7-9-12(19)10-8-11)16(23)21-22-17(24)14-5-3-4-6-15(14)20-18(22)25/h3-10,13H,2H2,1H3,(H,20,25)(H,21,23). The molecule has 0 aliphatic heterocycles. The first-order chi connectivity index (χ1) is 12.0. The van der Waals surface area contributed by atoms with Gasteiger partial charge in [-0.05, 0) is 48.5 Å². The Morgan fingerprint density at radius 1 is 1.24 bits per heavy atom. The van der Waals surface area contributed by atoms with Crippen LogP contribution in [0, 0.1) is 4.77 Å². The molecule has 128 valence electrons. The van der Waals surface area contributed by atoms with Crippen molar-refractivity contribution in [2.75, 3.05) is 5.43 Å². The van der Waals surface area contributed by atoms with E-state index in [-0.39, 0.29) is 16.2 Å². The minimum atomic E-state index is -0.412. The molecular weight excluding hydrogens is 358 g/mol. The fraction of sp³-hybridized carbons (Fsp3) is 0.167. The number of H-pyrrole nitrogens is 1. The van der Waals surface area contributed by atoms with Crippen LogP contribution in [0.4, 0.5) is 0 Å².